The van der Waals surface area contributed by atoms with Crippen LogP contribution in [0, 0.1) is 11.8 Å². The smallest absolute Gasteiger partial charge is 0.306 e. The summed E-state index contributed by atoms with van der Waals surface area (Å²) in [6.07, 6.45) is 7.44. The van der Waals surface area contributed by atoms with Crippen molar-refractivity contribution in [2.75, 3.05) is 0 Å². The van der Waals surface area contributed by atoms with E-state index in [1.165, 1.54) is 0 Å². The molecule has 1 N–H and O–H groups in total. The van der Waals surface area contributed by atoms with Gasteiger partial charge in [0, 0.05) is 25.4 Å². The average Bonchev–Trinajstić information content (AvgIpc) is 2.86. The Morgan fingerprint density at radius 3 is 3.12 bits per heavy atom. The molecular formula is C12H18N2O2. The lowest BCUT2D eigenvalue weighted by atomic mass is 9.93. The van der Waals surface area contributed by atoms with Crippen LogP contribution < -0.4 is 0 Å². The molecule has 0 radical (unpaired) electrons. The molecule has 0 aromatic carbocycles. The number of nitrogens with zero attached hydrogens (tertiary/aromatic N) is 2. The molecule has 16 heavy (non-hydrogen) atoms. The Kier molecular flexibility index (Phi) is 3.27. The van der Waals surface area contributed by atoms with Crippen LogP contribution in [0.25, 0.3) is 0 Å². The summed E-state index contributed by atoms with van der Waals surface area (Å²) < 4.78 is 2.09. The van der Waals surface area contributed by atoms with Crippen LogP contribution in [-0.2, 0) is 17.8 Å². The van der Waals surface area contributed by atoms with Crippen LogP contribution in [0.15, 0.2) is 12.4 Å². The maximum Gasteiger partial charge on any atom is 0.306 e. The zero-order chi connectivity index (χ0) is 11.5. The summed E-state index contributed by atoms with van der Waals surface area (Å²) in [6, 6.07) is 0. The van der Waals surface area contributed by atoms with Gasteiger partial charge in [-0.2, -0.15) is 0 Å². The van der Waals surface area contributed by atoms with E-state index in [9.17, 15) is 4.79 Å². The van der Waals surface area contributed by atoms with Crippen molar-refractivity contribution in [1.82, 2.24) is 9.55 Å². The third-order valence-electron chi connectivity index (χ3n) is 3.56. The summed E-state index contributed by atoms with van der Waals surface area (Å²) in [6.45, 7) is 2.98. The van der Waals surface area contributed by atoms with Crippen molar-refractivity contribution < 1.29 is 9.90 Å². The Labute approximate surface area is 95.3 Å². The summed E-state index contributed by atoms with van der Waals surface area (Å²) in [7, 11) is 0. The van der Waals surface area contributed by atoms with E-state index in [1.54, 1.807) is 6.20 Å². The highest BCUT2D eigenvalue weighted by Crippen LogP contribution is 2.34. The molecule has 2 rings (SSSR count). The quantitative estimate of drug-likeness (QED) is 0.847. The number of hydrogen-bond acceptors (Lipinski definition) is 2. The first-order valence-electron chi connectivity index (χ1n) is 5.95. The van der Waals surface area contributed by atoms with E-state index in [-0.39, 0.29) is 11.8 Å². The fourth-order valence-corrected chi connectivity index (χ4v) is 2.66. The van der Waals surface area contributed by atoms with Gasteiger partial charge in [-0.1, -0.05) is 6.42 Å². The third-order valence-corrected chi connectivity index (χ3v) is 3.56. The zero-order valence-corrected chi connectivity index (χ0v) is 9.59. The second-order valence-corrected chi connectivity index (χ2v) is 4.47. The largest absolute Gasteiger partial charge is 0.481 e. The van der Waals surface area contributed by atoms with E-state index < -0.39 is 5.97 Å². The maximum absolute atomic E-state index is 11.1. The number of carbonyl (C=O) groups is 1. The molecule has 0 bridgehead atoms. The van der Waals surface area contributed by atoms with Gasteiger partial charge in [-0.25, -0.2) is 4.98 Å². The molecule has 4 heteroatoms. The van der Waals surface area contributed by atoms with Crippen molar-refractivity contribution in [1.29, 1.82) is 0 Å². The van der Waals surface area contributed by atoms with E-state index in [0.29, 0.717) is 0 Å². The van der Waals surface area contributed by atoms with Crippen molar-refractivity contribution in [2.24, 2.45) is 11.8 Å². The summed E-state index contributed by atoms with van der Waals surface area (Å²) in [4.78, 5) is 15.4. The summed E-state index contributed by atoms with van der Waals surface area (Å²) in [5.41, 5.74) is 0. The standard InChI is InChI=1S/C12H18N2O2/c1-2-14-7-6-13-11(14)8-9-4-3-5-10(9)12(15)16/h6-7,9-10H,2-5,8H2,1H3,(H,15,16). The normalized spacial score (nSPS) is 24.8. The molecule has 1 saturated carbocycles. The second kappa shape index (κ2) is 4.68. The molecule has 1 aromatic heterocycles. The minimum absolute atomic E-state index is 0.165. The summed E-state index contributed by atoms with van der Waals surface area (Å²) >= 11 is 0. The molecule has 0 amide bonds. The van der Waals surface area contributed by atoms with Crippen molar-refractivity contribution >= 4 is 5.97 Å². The van der Waals surface area contributed by atoms with E-state index in [0.717, 1.165) is 38.1 Å². The van der Waals surface area contributed by atoms with Crippen LogP contribution in [0.5, 0.6) is 0 Å². The van der Waals surface area contributed by atoms with Crippen LogP contribution in [-0.4, -0.2) is 20.6 Å². The number of carboxylic acids is 1. The van der Waals surface area contributed by atoms with E-state index >= 15 is 0 Å². The fraction of sp³-hybridized carbons (Fsp3) is 0.667. The van der Waals surface area contributed by atoms with Gasteiger partial charge < -0.3 is 9.67 Å². The molecule has 2 unspecified atom stereocenters. The van der Waals surface area contributed by atoms with Crippen molar-refractivity contribution in [3.8, 4) is 0 Å². The molecule has 0 saturated heterocycles. The first-order chi connectivity index (χ1) is 7.72. The van der Waals surface area contributed by atoms with Crippen LogP contribution in [0.2, 0.25) is 0 Å². The van der Waals surface area contributed by atoms with Gasteiger partial charge in [0.05, 0.1) is 5.92 Å². The molecule has 1 heterocycles. The van der Waals surface area contributed by atoms with Gasteiger partial charge in [0.15, 0.2) is 0 Å². The minimum atomic E-state index is -0.642. The van der Waals surface area contributed by atoms with Gasteiger partial charge in [0.2, 0.25) is 0 Å². The summed E-state index contributed by atoms with van der Waals surface area (Å²) in [5.74, 6) is 0.491. The van der Waals surface area contributed by atoms with Crippen LogP contribution in [0.1, 0.15) is 32.0 Å². The Bertz CT molecular complexity index is 373. The lowest BCUT2D eigenvalue weighted by Gasteiger charge is -2.15. The molecule has 1 aromatic rings. The predicted octanol–water partition coefficient (Wildman–Crippen LogP) is 1.95. The second-order valence-electron chi connectivity index (χ2n) is 4.47. The van der Waals surface area contributed by atoms with Gasteiger partial charge >= 0.3 is 5.97 Å². The molecule has 0 spiro atoms. The molecule has 4 nitrogen and oxygen atoms in total. The number of rotatable bonds is 4. The Morgan fingerprint density at radius 1 is 1.62 bits per heavy atom. The minimum Gasteiger partial charge on any atom is -0.481 e. The Morgan fingerprint density at radius 2 is 2.44 bits per heavy atom. The SMILES string of the molecule is CCn1ccnc1CC1CCCC1C(=O)O. The van der Waals surface area contributed by atoms with Gasteiger partial charge in [0.1, 0.15) is 5.82 Å². The predicted molar refractivity (Wildman–Crippen MR) is 60.1 cm³/mol. The zero-order valence-electron chi connectivity index (χ0n) is 9.59. The molecule has 2 atom stereocenters. The Balaban J connectivity index is 2.06. The maximum atomic E-state index is 11.1. The topological polar surface area (TPSA) is 55.1 Å². The number of aromatic nitrogens is 2. The van der Waals surface area contributed by atoms with Crippen LogP contribution in [0.4, 0.5) is 0 Å². The number of aliphatic carboxylic acids is 1. The first-order valence-corrected chi connectivity index (χ1v) is 5.95. The monoisotopic (exact) mass is 222 g/mol. The van der Waals surface area contributed by atoms with Crippen molar-refractivity contribution in [2.45, 2.75) is 39.2 Å². The molecule has 88 valence electrons. The van der Waals surface area contributed by atoms with Crippen LogP contribution >= 0.6 is 0 Å². The van der Waals surface area contributed by atoms with E-state index in [2.05, 4.69) is 16.5 Å². The van der Waals surface area contributed by atoms with Crippen molar-refractivity contribution in [3.63, 3.8) is 0 Å². The van der Waals surface area contributed by atoms with Gasteiger partial charge in [0.25, 0.3) is 0 Å². The fourth-order valence-electron chi connectivity index (χ4n) is 2.66. The number of hydrogen-bond donors (Lipinski definition) is 1. The molecule has 1 aliphatic carbocycles. The number of imidazole rings is 1. The average molecular weight is 222 g/mol. The highest BCUT2D eigenvalue weighted by Gasteiger charge is 2.33. The van der Waals surface area contributed by atoms with Crippen LogP contribution in [0.3, 0.4) is 0 Å². The Hall–Kier alpha value is -1.32. The number of carboxylic acid groups (broad SMARTS) is 1. The lowest BCUT2D eigenvalue weighted by Crippen LogP contribution is -2.21. The van der Waals surface area contributed by atoms with E-state index in [1.807, 2.05) is 6.20 Å². The number of aryl methyl sites for hydroxylation is 1. The van der Waals surface area contributed by atoms with Gasteiger partial charge in [-0.05, 0) is 25.7 Å². The first kappa shape index (κ1) is 11.2. The lowest BCUT2D eigenvalue weighted by molar-refractivity contribution is -0.142. The molecule has 0 aliphatic heterocycles. The summed E-state index contributed by atoms with van der Waals surface area (Å²) in [5, 5.41) is 9.11. The van der Waals surface area contributed by atoms with Gasteiger partial charge in [-0.3, -0.25) is 4.79 Å². The molecule has 1 fully saturated rings. The molecular weight excluding hydrogens is 204 g/mol. The highest BCUT2D eigenvalue weighted by atomic mass is 16.4. The van der Waals surface area contributed by atoms with E-state index in [4.69, 9.17) is 5.11 Å². The highest BCUT2D eigenvalue weighted by molar-refractivity contribution is 5.70. The van der Waals surface area contributed by atoms with Gasteiger partial charge in [-0.15, -0.1) is 0 Å². The molecule has 1 aliphatic rings. The third kappa shape index (κ3) is 2.10. The van der Waals surface area contributed by atoms with Crippen molar-refractivity contribution in [3.05, 3.63) is 18.2 Å².